The molecular formula is C12H15NO2. The molecule has 15 heavy (non-hydrogen) atoms. The van der Waals surface area contributed by atoms with Crippen LogP contribution < -0.4 is 0 Å². The van der Waals surface area contributed by atoms with Crippen molar-refractivity contribution in [2.75, 3.05) is 20.3 Å². The van der Waals surface area contributed by atoms with Gasteiger partial charge in [0.2, 0.25) is 0 Å². The summed E-state index contributed by atoms with van der Waals surface area (Å²) in [5, 5.41) is 0. The molecule has 1 unspecified atom stereocenters. The number of nitrogens with zero attached hydrogens (tertiary/aromatic N) is 1. The van der Waals surface area contributed by atoms with Crippen LogP contribution in [0.3, 0.4) is 0 Å². The minimum Gasteiger partial charge on any atom is -0.378 e. The Morgan fingerprint density at radius 1 is 1.67 bits per heavy atom. The third kappa shape index (κ3) is 1.80. The van der Waals surface area contributed by atoms with Gasteiger partial charge in [0.25, 0.3) is 0 Å². The molecule has 0 radical (unpaired) electrons. The van der Waals surface area contributed by atoms with E-state index in [-0.39, 0.29) is 5.60 Å². The summed E-state index contributed by atoms with van der Waals surface area (Å²) in [6, 6.07) is 3.93. The van der Waals surface area contributed by atoms with Gasteiger partial charge in [-0.05, 0) is 17.7 Å². The molecule has 0 amide bonds. The molecule has 0 aromatic carbocycles. The minimum absolute atomic E-state index is 0.362. The van der Waals surface area contributed by atoms with Crippen LogP contribution in [0.15, 0.2) is 24.9 Å². The minimum atomic E-state index is -0.362. The maximum absolute atomic E-state index is 5.56. The second kappa shape index (κ2) is 4.13. The molecule has 0 spiro atoms. The van der Waals surface area contributed by atoms with Gasteiger partial charge in [-0.15, -0.1) is 0 Å². The number of hydrogen-bond donors (Lipinski definition) is 0. The predicted octanol–water partition coefficient (Wildman–Crippen LogP) is 1.99. The van der Waals surface area contributed by atoms with E-state index in [1.165, 1.54) is 0 Å². The van der Waals surface area contributed by atoms with Gasteiger partial charge in [-0.25, -0.2) is 0 Å². The quantitative estimate of drug-likeness (QED) is 0.756. The van der Waals surface area contributed by atoms with Gasteiger partial charge < -0.3 is 9.47 Å². The molecule has 1 aromatic heterocycles. The van der Waals surface area contributed by atoms with Crippen molar-refractivity contribution in [2.45, 2.75) is 12.0 Å². The van der Waals surface area contributed by atoms with Gasteiger partial charge in [-0.2, -0.15) is 0 Å². The lowest BCUT2D eigenvalue weighted by atomic mass is 9.97. The molecule has 80 valence electrons. The first-order valence-electron chi connectivity index (χ1n) is 5.02. The van der Waals surface area contributed by atoms with Crippen LogP contribution in [0.25, 0.3) is 6.08 Å². The van der Waals surface area contributed by atoms with Crippen LogP contribution >= 0.6 is 0 Å². The third-order valence-corrected chi connectivity index (χ3v) is 2.86. The van der Waals surface area contributed by atoms with Crippen LogP contribution in [0.1, 0.15) is 17.7 Å². The smallest absolute Gasteiger partial charge is 0.135 e. The van der Waals surface area contributed by atoms with E-state index in [9.17, 15) is 0 Å². The van der Waals surface area contributed by atoms with Gasteiger partial charge in [0.15, 0.2) is 0 Å². The van der Waals surface area contributed by atoms with Crippen molar-refractivity contribution in [1.29, 1.82) is 0 Å². The lowest BCUT2D eigenvalue weighted by Gasteiger charge is -2.25. The van der Waals surface area contributed by atoms with Crippen molar-refractivity contribution >= 4 is 6.08 Å². The summed E-state index contributed by atoms with van der Waals surface area (Å²) in [4.78, 5) is 4.36. The van der Waals surface area contributed by atoms with Crippen molar-refractivity contribution in [3.63, 3.8) is 0 Å². The van der Waals surface area contributed by atoms with Gasteiger partial charge in [0.1, 0.15) is 5.60 Å². The maximum atomic E-state index is 5.56. The highest BCUT2D eigenvalue weighted by atomic mass is 16.5. The second-order valence-corrected chi connectivity index (χ2v) is 3.68. The van der Waals surface area contributed by atoms with Crippen LogP contribution in [0.2, 0.25) is 0 Å². The normalized spacial score (nSPS) is 25.4. The van der Waals surface area contributed by atoms with E-state index in [2.05, 4.69) is 11.6 Å². The van der Waals surface area contributed by atoms with Crippen LogP contribution in [0.4, 0.5) is 0 Å². The molecule has 1 aliphatic heterocycles. The predicted molar refractivity (Wildman–Crippen MR) is 58.5 cm³/mol. The van der Waals surface area contributed by atoms with E-state index in [1.807, 2.05) is 18.2 Å². The summed E-state index contributed by atoms with van der Waals surface area (Å²) in [7, 11) is 1.71. The number of ether oxygens (including phenoxy) is 2. The molecule has 1 aliphatic rings. The Morgan fingerprint density at radius 2 is 2.53 bits per heavy atom. The zero-order valence-electron chi connectivity index (χ0n) is 8.90. The molecular weight excluding hydrogens is 190 g/mol. The van der Waals surface area contributed by atoms with Crippen LogP contribution in [-0.4, -0.2) is 25.3 Å². The molecule has 1 saturated heterocycles. The Balaban J connectivity index is 2.37. The zero-order chi connectivity index (χ0) is 10.7. The summed E-state index contributed by atoms with van der Waals surface area (Å²) in [6.07, 6.45) is 4.45. The number of pyridine rings is 1. The van der Waals surface area contributed by atoms with Crippen molar-refractivity contribution in [3.8, 4) is 0 Å². The first-order valence-corrected chi connectivity index (χ1v) is 5.02. The van der Waals surface area contributed by atoms with Gasteiger partial charge in [-0.1, -0.05) is 12.7 Å². The lowest BCUT2D eigenvalue weighted by molar-refractivity contribution is -0.0246. The first kappa shape index (κ1) is 10.3. The number of hydrogen-bond acceptors (Lipinski definition) is 3. The molecule has 3 heteroatoms. The summed E-state index contributed by atoms with van der Waals surface area (Å²) in [5.41, 5.74) is 1.63. The van der Waals surface area contributed by atoms with Gasteiger partial charge >= 0.3 is 0 Å². The average molecular weight is 205 g/mol. The van der Waals surface area contributed by atoms with Crippen molar-refractivity contribution in [3.05, 3.63) is 36.2 Å². The van der Waals surface area contributed by atoms with E-state index in [4.69, 9.17) is 9.47 Å². The lowest BCUT2D eigenvalue weighted by Crippen LogP contribution is -2.29. The Morgan fingerprint density at radius 3 is 3.13 bits per heavy atom. The summed E-state index contributed by atoms with van der Waals surface area (Å²) in [6.45, 7) is 5.06. The molecule has 2 rings (SSSR count). The molecule has 1 fully saturated rings. The van der Waals surface area contributed by atoms with E-state index in [1.54, 1.807) is 13.3 Å². The van der Waals surface area contributed by atoms with Crippen molar-refractivity contribution < 1.29 is 9.47 Å². The second-order valence-electron chi connectivity index (χ2n) is 3.68. The molecule has 0 saturated carbocycles. The Hall–Kier alpha value is -1.19. The van der Waals surface area contributed by atoms with Crippen LogP contribution in [0.5, 0.6) is 0 Å². The standard InChI is InChI=1S/C12H15NO2/c1-3-10-4-6-13-11(8-10)12(14-2)5-7-15-9-12/h3-4,6,8H,1,5,7,9H2,2H3. The fraction of sp³-hybridized carbons (Fsp3) is 0.417. The van der Waals surface area contributed by atoms with Crippen molar-refractivity contribution in [2.24, 2.45) is 0 Å². The SMILES string of the molecule is C=Cc1ccnc(C2(OC)CCOC2)c1. The zero-order valence-corrected chi connectivity index (χ0v) is 8.90. The third-order valence-electron chi connectivity index (χ3n) is 2.86. The largest absolute Gasteiger partial charge is 0.378 e. The van der Waals surface area contributed by atoms with Gasteiger partial charge in [0.05, 0.1) is 12.3 Å². The van der Waals surface area contributed by atoms with E-state index < -0.39 is 0 Å². The van der Waals surface area contributed by atoms with E-state index in [0.29, 0.717) is 6.61 Å². The number of methoxy groups -OCH3 is 1. The molecule has 1 aromatic rings. The summed E-state index contributed by atoms with van der Waals surface area (Å²) >= 11 is 0. The molecule has 0 bridgehead atoms. The van der Waals surface area contributed by atoms with E-state index >= 15 is 0 Å². The average Bonchev–Trinajstić information content (AvgIpc) is 2.79. The van der Waals surface area contributed by atoms with Crippen LogP contribution in [-0.2, 0) is 15.1 Å². The molecule has 0 N–H and O–H groups in total. The monoisotopic (exact) mass is 205 g/mol. The van der Waals surface area contributed by atoms with Gasteiger partial charge in [-0.3, -0.25) is 4.98 Å². The Kier molecular flexibility index (Phi) is 2.84. The molecule has 2 heterocycles. The van der Waals surface area contributed by atoms with E-state index in [0.717, 1.165) is 24.3 Å². The maximum Gasteiger partial charge on any atom is 0.135 e. The fourth-order valence-corrected chi connectivity index (χ4v) is 1.84. The molecule has 0 aliphatic carbocycles. The Bertz CT molecular complexity index is 356. The number of rotatable bonds is 3. The first-order chi connectivity index (χ1) is 7.30. The van der Waals surface area contributed by atoms with Gasteiger partial charge in [0, 0.05) is 26.3 Å². The van der Waals surface area contributed by atoms with Crippen LogP contribution in [0, 0.1) is 0 Å². The molecule has 3 nitrogen and oxygen atoms in total. The topological polar surface area (TPSA) is 31.4 Å². The van der Waals surface area contributed by atoms with Crippen molar-refractivity contribution in [1.82, 2.24) is 4.98 Å². The Labute approximate surface area is 89.7 Å². The highest BCUT2D eigenvalue weighted by Gasteiger charge is 2.38. The summed E-state index contributed by atoms with van der Waals surface area (Å²) < 4.78 is 11.0. The highest BCUT2D eigenvalue weighted by molar-refractivity contribution is 5.47. The fourth-order valence-electron chi connectivity index (χ4n) is 1.84. The molecule has 1 atom stereocenters. The highest BCUT2D eigenvalue weighted by Crippen LogP contribution is 2.32. The summed E-state index contributed by atoms with van der Waals surface area (Å²) in [5.74, 6) is 0. The number of aromatic nitrogens is 1.